The average molecular weight is 323 g/mol. The maximum absolute atomic E-state index is 12.9. The van der Waals surface area contributed by atoms with Gasteiger partial charge in [-0.2, -0.15) is 0 Å². The molecule has 1 spiro atoms. The molecule has 3 heteroatoms. The molecule has 0 amide bonds. The summed E-state index contributed by atoms with van der Waals surface area (Å²) >= 11 is 0. The van der Waals surface area contributed by atoms with E-state index in [0.717, 1.165) is 32.5 Å². The highest BCUT2D eigenvalue weighted by Crippen LogP contribution is 2.50. The summed E-state index contributed by atoms with van der Waals surface area (Å²) in [6, 6.07) is 19.0. The highest BCUT2D eigenvalue weighted by Gasteiger charge is 2.46. The third-order valence-electron chi connectivity index (χ3n) is 5.45. The molecule has 126 valence electrons. The number of rotatable bonds is 4. The predicted molar refractivity (Wildman–Crippen MR) is 93.5 cm³/mol. The molecule has 2 aliphatic rings. The van der Waals surface area contributed by atoms with Gasteiger partial charge in [0.15, 0.2) is 0 Å². The quantitative estimate of drug-likeness (QED) is 0.815. The van der Waals surface area contributed by atoms with Gasteiger partial charge in [0.05, 0.1) is 18.4 Å². The molecule has 0 aliphatic carbocycles. The Bertz CT molecular complexity index is 679. The van der Waals surface area contributed by atoms with Crippen molar-refractivity contribution in [2.24, 2.45) is 0 Å². The summed E-state index contributed by atoms with van der Waals surface area (Å²) in [7, 11) is 0. The zero-order valence-electron chi connectivity index (χ0n) is 14.0. The molecule has 0 bridgehead atoms. The Morgan fingerprint density at radius 3 is 2.46 bits per heavy atom. The first-order valence-corrected chi connectivity index (χ1v) is 8.90. The SMILES string of the molecule is [17F]CCC1OC2(CCN(Cc3ccccc3)CC2)c2ccccc21. The van der Waals surface area contributed by atoms with Crippen LogP contribution in [0.1, 0.15) is 42.1 Å². The summed E-state index contributed by atoms with van der Waals surface area (Å²) in [5.41, 5.74) is 3.65. The lowest BCUT2D eigenvalue weighted by Gasteiger charge is -2.40. The number of fused-ring (bicyclic) bond motifs is 2. The molecule has 1 fully saturated rings. The van der Waals surface area contributed by atoms with Crippen molar-refractivity contribution >= 4 is 0 Å². The standard InChI is InChI=1S/C21H24FNO/c22-13-10-20-18-8-4-5-9-19(18)21(24-20)11-14-23(15-12-21)16-17-6-2-1-3-7-17/h1-9,20H,10-16H2/i22-2. The molecule has 4 rings (SSSR count). The fourth-order valence-electron chi connectivity index (χ4n) is 4.21. The first-order valence-electron chi connectivity index (χ1n) is 8.90. The maximum atomic E-state index is 12.9. The molecule has 0 saturated carbocycles. The molecule has 24 heavy (non-hydrogen) atoms. The summed E-state index contributed by atoms with van der Waals surface area (Å²) in [6.07, 6.45) is 2.36. The molecular weight excluding hydrogens is 299 g/mol. The highest BCUT2D eigenvalue weighted by atomic mass is 17.2. The summed E-state index contributed by atoms with van der Waals surface area (Å²) in [4.78, 5) is 2.50. The number of nitrogens with zero attached hydrogens (tertiary/aromatic N) is 1. The smallest absolute Gasteiger partial charge is 0.0967 e. The molecule has 2 heterocycles. The fraction of sp³-hybridized carbons (Fsp3) is 0.429. The molecule has 0 radical (unpaired) electrons. The Hall–Kier alpha value is -1.71. The van der Waals surface area contributed by atoms with Crippen molar-refractivity contribution in [3.8, 4) is 0 Å². The summed E-state index contributed by atoms with van der Waals surface area (Å²) in [5.74, 6) is 0. The lowest BCUT2D eigenvalue weighted by molar-refractivity contribution is -0.113. The Kier molecular flexibility index (Phi) is 4.38. The van der Waals surface area contributed by atoms with Gasteiger partial charge in [0.2, 0.25) is 0 Å². The van der Waals surface area contributed by atoms with E-state index in [0.29, 0.717) is 6.42 Å². The second-order valence-corrected chi connectivity index (χ2v) is 6.93. The largest absolute Gasteiger partial charge is 0.362 e. The predicted octanol–water partition coefficient (Wildman–Crippen LogP) is 4.61. The van der Waals surface area contributed by atoms with E-state index in [9.17, 15) is 4.39 Å². The minimum absolute atomic E-state index is 0.0770. The van der Waals surface area contributed by atoms with Crippen LogP contribution in [-0.4, -0.2) is 24.7 Å². The minimum Gasteiger partial charge on any atom is -0.362 e. The van der Waals surface area contributed by atoms with E-state index in [1.807, 2.05) is 6.07 Å². The number of piperidine rings is 1. The number of halogens is 1. The number of ether oxygens (including phenoxy) is 1. The van der Waals surface area contributed by atoms with Gasteiger partial charge in [0.25, 0.3) is 0 Å². The highest BCUT2D eigenvalue weighted by molar-refractivity contribution is 5.38. The molecular formula is C21H24FNO. The second-order valence-electron chi connectivity index (χ2n) is 6.93. The van der Waals surface area contributed by atoms with Gasteiger partial charge in [-0.05, 0) is 29.5 Å². The van der Waals surface area contributed by atoms with Crippen LogP contribution in [-0.2, 0) is 16.9 Å². The number of hydrogen-bond donors (Lipinski definition) is 0. The first-order chi connectivity index (χ1) is 11.8. The lowest BCUT2D eigenvalue weighted by atomic mass is 9.83. The third kappa shape index (κ3) is 2.87. The Balaban J connectivity index is 1.48. The van der Waals surface area contributed by atoms with Crippen molar-refractivity contribution < 1.29 is 9.13 Å². The topological polar surface area (TPSA) is 12.5 Å². The molecule has 0 aromatic heterocycles. The first kappa shape index (κ1) is 15.8. The Labute approximate surface area is 143 Å². The zero-order chi connectivity index (χ0) is 16.4. The van der Waals surface area contributed by atoms with Crippen molar-refractivity contribution in [2.75, 3.05) is 19.8 Å². The van der Waals surface area contributed by atoms with Crippen molar-refractivity contribution in [3.63, 3.8) is 0 Å². The summed E-state index contributed by atoms with van der Waals surface area (Å²) in [5, 5.41) is 0. The molecule has 2 aromatic rings. The van der Waals surface area contributed by atoms with E-state index in [1.165, 1.54) is 16.7 Å². The van der Waals surface area contributed by atoms with Crippen molar-refractivity contribution in [1.82, 2.24) is 4.90 Å². The van der Waals surface area contributed by atoms with E-state index >= 15 is 0 Å². The van der Waals surface area contributed by atoms with Gasteiger partial charge >= 0.3 is 0 Å². The van der Waals surface area contributed by atoms with Gasteiger partial charge in [-0.1, -0.05) is 54.6 Å². The molecule has 1 saturated heterocycles. The molecule has 2 nitrogen and oxygen atoms in total. The van der Waals surface area contributed by atoms with E-state index < -0.39 is 0 Å². The van der Waals surface area contributed by atoms with Crippen LogP contribution in [0, 0.1) is 0 Å². The van der Waals surface area contributed by atoms with Gasteiger partial charge in [0, 0.05) is 26.1 Å². The van der Waals surface area contributed by atoms with Crippen molar-refractivity contribution in [2.45, 2.75) is 37.5 Å². The van der Waals surface area contributed by atoms with Crippen LogP contribution >= 0.6 is 0 Å². The van der Waals surface area contributed by atoms with Gasteiger partial charge in [0.1, 0.15) is 0 Å². The number of likely N-dealkylation sites (tertiary alicyclic amines) is 1. The van der Waals surface area contributed by atoms with Crippen molar-refractivity contribution in [1.29, 1.82) is 0 Å². The van der Waals surface area contributed by atoms with E-state index in [-0.39, 0.29) is 18.4 Å². The minimum atomic E-state index is -0.324. The molecule has 1 atom stereocenters. The van der Waals surface area contributed by atoms with Gasteiger partial charge < -0.3 is 4.74 Å². The molecule has 0 N–H and O–H groups in total. The Morgan fingerprint density at radius 2 is 1.71 bits per heavy atom. The van der Waals surface area contributed by atoms with Crippen LogP contribution in [0.4, 0.5) is 4.39 Å². The van der Waals surface area contributed by atoms with E-state index in [1.54, 1.807) is 0 Å². The lowest BCUT2D eigenvalue weighted by Crippen LogP contribution is -2.42. The summed E-state index contributed by atoms with van der Waals surface area (Å²) < 4.78 is 19.3. The summed E-state index contributed by atoms with van der Waals surface area (Å²) in [6.45, 7) is 2.71. The monoisotopic (exact) mass is 323 g/mol. The number of benzene rings is 2. The van der Waals surface area contributed by atoms with Crippen molar-refractivity contribution in [3.05, 3.63) is 71.3 Å². The fourth-order valence-corrected chi connectivity index (χ4v) is 4.21. The normalized spacial score (nSPS) is 22.6. The molecule has 1 unspecified atom stereocenters. The number of alkyl halides is 1. The van der Waals surface area contributed by atoms with Gasteiger partial charge in [-0.25, -0.2) is 0 Å². The zero-order valence-corrected chi connectivity index (χ0v) is 14.0. The van der Waals surface area contributed by atoms with Crippen LogP contribution in [0.2, 0.25) is 0 Å². The maximum Gasteiger partial charge on any atom is 0.0967 e. The second kappa shape index (κ2) is 6.66. The number of hydrogen-bond acceptors (Lipinski definition) is 2. The van der Waals surface area contributed by atoms with Gasteiger partial charge in [-0.3, -0.25) is 9.29 Å². The Morgan fingerprint density at radius 1 is 1.00 bits per heavy atom. The van der Waals surface area contributed by atoms with Gasteiger partial charge in [-0.15, -0.1) is 0 Å². The molecule has 2 aromatic carbocycles. The van der Waals surface area contributed by atoms with Crippen LogP contribution in [0.3, 0.4) is 0 Å². The van der Waals surface area contributed by atoms with Crippen LogP contribution in [0.5, 0.6) is 0 Å². The average Bonchev–Trinajstić information content (AvgIpc) is 2.93. The van der Waals surface area contributed by atoms with Crippen LogP contribution in [0.25, 0.3) is 0 Å². The van der Waals surface area contributed by atoms with E-state index in [4.69, 9.17) is 4.74 Å². The van der Waals surface area contributed by atoms with Crippen LogP contribution < -0.4 is 0 Å². The third-order valence-corrected chi connectivity index (χ3v) is 5.45. The molecule has 2 aliphatic heterocycles. The van der Waals surface area contributed by atoms with E-state index in [2.05, 4.69) is 53.4 Å². The van der Waals surface area contributed by atoms with Crippen LogP contribution in [0.15, 0.2) is 54.6 Å².